The lowest BCUT2D eigenvalue weighted by atomic mass is 9.72. The Kier molecular flexibility index (Phi) is 27.1. The minimum atomic E-state index is -4.58. The highest BCUT2D eigenvalue weighted by Crippen LogP contribution is 2.47. The van der Waals surface area contributed by atoms with E-state index in [1.165, 1.54) is 58.2 Å². The molecule has 6 aromatic carbocycles. The minimum Gasteiger partial charge on any atom is -0.455 e. The number of aromatic nitrogens is 4. The van der Waals surface area contributed by atoms with Crippen molar-refractivity contribution in [1.82, 2.24) is 53.9 Å². The SMILES string of the molecule is CC1(C)CCC(CN2CCN(c3ccc(C(=O)NS(=O)(=O)c4cc5c(c([N+](=O)[O-])c4)C[C@@H](CN4CCCCC4)CN5)c(Oc4cnc5[nH]ccc5c4)c3)CC2)=C(c2ccc(Cl)cc2)C1.CN1CCN(CC[C@@H]2CNc3cc(S(=O)(=O)NC(=O)c4ccc(N5CCN(CC6=C(c7ccc(Cl)cc7)CC(C)(C)CC6)CC5)cc4Oc4cnc5[nH]ccc5c4)cc([N+](=O)[O-])c3C2)CC1. The van der Waals surface area contributed by atoms with E-state index in [-0.39, 0.29) is 66.5 Å². The highest BCUT2D eigenvalue weighted by Gasteiger charge is 2.38. The van der Waals surface area contributed by atoms with Crippen molar-refractivity contribution in [3.8, 4) is 23.0 Å². The number of nitrogens with one attached hydrogen (secondary N) is 6. The first kappa shape index (κ1) is 90.9. The zero-order chi connectivity index (χ0) is 90.8. The number of H-pyrrole nitrogens is 2. The average molecular weight is 1840 g/mol. The van der Waals surface area contributed by atoms with Crippen molar-refractivity contribution >= 4 is 122 Å². The molecule has 6 N–H and O–H groups in total. The molecule has 0 saturated carbocycles. The zero-order valence-electron chi connectivity index (χ0n) is 74.2. The molecule has 18 rings (SSSR count). The first-order chi connectivity index (χ1) is 62.4. The lowest BCUT2D eigenvalue weighted by Gasteiger charge is -2.39. The van der Waals surface area contributed by atoms with Crippen LogP contribution < -0.4 is 39.4 Å². The summed E-state index contributed by atoms with van der Waals surface area (Å²) >= 11 is 12.5. The van der Waals surface area contributed by atoms with Gasteiger partial charge in [-0.1, -0.05) is 92.7 Å². The van der Waals surface area contributed by atoms with E-state index < -0.39 is 41.7 Å². The third-order valence-electron chi connectivity index (χ3n) is 27.1. The van der Waals surface area contributed by atoms with Gasteiger partial charge in [0.05, 0.1) is 54.3 Å². The topological polar surface area (TPSA) is 335 Å². The number of fused-ring (bicyclic) bond motifs is 4. The molecule has 2 atom stereocenters. The van der Waals surface area contributed by atoms with E-state index in [0.717, 1.165) is 220 Å². The van der Waals surface area contributed by atoms with Crippen LogP contribution in [0.4, 0.5) is 34.1 Å². The molecule has 2 aliphatic carbocycles. The molecule has 33 heteroatoms. The lowest BCUT2D eigenvalue weighted by molar-refractivity contribution is -0.385. The van der Waals surface area contributed by atoms with Gasteiger partial charge < -0.3 is 54.6 Å². The fraction of sp³-hybridized carbons (Fsp3) is 0.423. The number of halogens is 2. The van der Waals surface area contributed by atoms with E-state index in [1.807, 2.05) is 36.4 Å². The van der Waals surface area contributed by atoms with Crippen molar-refractivity contribution in [2.75, 3.05) is 158 Å². The van der Waals surface area contributed by atoms with Gasteiger partial charge in [-0.15, -0.1) is 0 Å². The van der Waals surface area contributed by atoms with Crippen molar-refractivity contribution < 1.29 is 45.7 Å². The fourth-order valence-corrected chi connectivity index (χ4v) is 21.9. The Bertz CT molecular complexity index is 6210. The summed E-state index contributed by atoms with van der Waals surface area (Å²) < 4.78 is 73.0. The maximum absolute atomic E-state index is 14.1. The number of rotatable bonds is 25. The van der Waals surface area contributed by atoms with Crippen LogP contribution in [-0.2, 0) is 32.9 Å². The number of nitrogens with zero attached hydrogens (tertiary/aromatic N) is 11. The number of amides is 2. The number of pyridine rings is 2. The Morgan fingerprint density at radius 1 is 0.515 bits per heavy atom. The third-order valence-corrected chi connectivity index (χ3v) is 30.2. The predicted molar refractivity (Wildman–Crippen MR) is 510 cm³/mol. The van der Waals surface area contributed by atoms with Gasteiger partial charge in [0, 0.05) is 191 Å². The first-order valence-electron chi connectivity index (χ1n) is 45.2. The summed E-state index contributed by atoms with van der Waals surface area (Å²) in [4.78, 5) is 82.8. The van der Waals surface area contributed by atoms with E-state index in [0.29, 0.717) is 71.2 Å². The molecule has 10 heterocycles. The molecule has 0 bridgehead atoms. The molecule has 8 aliphatic rings. The van der Waals surface area contributed by atoms with E-state index in [9.17, 15) is 46.7 Å². The third kappa shape index (κ3) is 21.6. The molecule has 4 aromatic heterocycles. The van der Waals surface area contributed by atoms with Crippen LogP contribution in [-0.4, -0.2) is 221 Å². The molecule has 0 spiro atoms. The van der Waals surface area contributed by atoms with Gasteiger partial charge in [0.1, 0.15) is 34.3 Å². The van der Waals surface area contributed by atoms with E-state index in [2.05, 4.69) is 133 Å². The number of carbonyl (C=O) groups is 2. The Morgan fingerprint density at radius 2 is 0.946 bits per heavy atom. The second-order valence-corrected chi connectivity index (χ2v) is 41.9. The van der Waals surface area contributed by atoms with Gasteiger partial charge in [0.2, 0.25) is 0 Å². The average Bonchev–Trinajstić information content (AvgIpc) is 0.989. The second kappa shape index (κ2) is 38.8. The largest absolute Gasteiger partial charge is 0.455 e. The molecule has 29 nitrogen and oxygen atoms in total. The van der Waals surface area contributed by atoms with Crippen molar-refractivity contribution in [3.63, 3.8) is 0 Å². The smallest absolute Gasteiger partial charge is 0.276 e. The Labute approximate surface area is 768 Å². The standard InChI is InChI=1S/C49H58ClN9O6S.C48H55ClN8O6S/c1-49(2)13-10-36(43(29-49)34-4-6-37(50)7-5-34)32-57-20-22-58(23-21-57)38-8-9-41(46(26-38)65-39-25-35-11-14-51-47(35)53-31-39)48(60)54-66(63,64)40-27-44-42(45(28-40)59(61)62)24-33(30-52-44)12-15-56-18-16-55(3)17-19-56;1-48(2)14-12-35(42(27-48)33-6-8-36(49)9-7-33)31-55-18-20-56(21-19-55)37-10-11-40(45(24-37)63-38-23-34-13-15-50-46(34)52-29-38)47(58)53-64(61,62)39-25-43-41(44(26-39)57(59)60)22-32(28-51-43)30-54-16-4-3-5-17-54/h4-9,11,14,25-28,31,33,52H,10,12-13,15-24,29-30,32H2,1-3H3,(H,51,53)(H,54,60);6-11,13,15,23-26,29,32,51H,3-5,12,14,16-22,27-28,30-31H2,1-2H3,(H,50,52)(H,53,58)/t33-;32-/m01/s1. The van der Waals surface area contributed by atoms with Gasteiger partial charge in [0.15, 0.2) is 0 Å². The van der Waals surface area contributed by atoms with Crippen molar-refractivity contribution in [1.29, 1.82) is 0 Å². The molecule has 2 amide bonds. The molecule has 10 aromatic rings. The summed E-state index contributed by atoms with van der Waals surface area (Å²) in [5.74, 6) is -0.566. The van der Waals surface area contributed by atoms with Crippen LogP contribution in [0.25, 0.3) is 33.2 Å². The Hall–Kier alpha value is -11.0. The Balaban J connectivity index is 0.000000182. The van der Waals surface area contributed by atoms with Crippen molar-refractivity contribution in [2.45, 2.75) is 115 Å². The monoisotopic (exact) mass is 1840 g/mol. The summed E-state index contributed by atoms with van der Waals surface area (Å²) in [6.07, 6.45) is 18.3. The van der Waals surface area contributed by atoms with Gasteiger partial charge >= 0.3 is 0 Å². The maximum atomic E-state index is 14.1. The highest BCUT2D eigenvalue weighted by molar-refractivity contribution is 7.90. The highest BCUT2D eigenvalue weighted by atomic mass is 35.5. The van der Waals surface area contributed by atoms with Crippen LogP contribution in [0.3, 0.4) is 0 Å². The molecule has 4 saturated heterocycles. The molecule has 6 aliphatic heterocycles. The fourth-order valence-electron chi connectivity index (χ4n) is 19.6. The molecule has 0 unspecified atom stereocenters. The van der Waals surface area contributed by atoms with Gasteiger partial charge in [-0.25, -0.2) is 36.2 Å². The number of sulfonamides is 2. The summed E-state index contributed by atoms with van der Waals surface area (Å²) in [7, 11) is -7.04. The van der Waals surface area contributed by atoms with Gasteiger partial charge in [-0.05, 0) is 227 Å². The van der Waals surface area contributed by atoms with E-state index in [4.69, 9.17) is 32.7 Å². The number of piperazine rings is 3. The van der Waals surface area contributed by atoms with Gasteiger partial charge in [0.25, 0.3) is 43.2 Å². The number of anilines is 4. The van der Waals surface area contributed by atoms with Crippen LogP contribution in [0.2, 0.25) is 10.0 Å². The van der Waals surface area contributed by atoms with Gasteiger partial charge in [-0.2, -0.15) is 0 Å². The second-order valence-electron chi connectivity index (χ2n) is 37.6. The molecule has 0 radical (unpaired) electrons. The van der Waals surface area contributed by atoms with Crippen molar-refractivity contribution in [3.05, 3.63) is 233 Å². The summed E-state index contributed by atoms with van der Waals surface area (Å²) in [6.45, 7) is 26.2. The Morgan fingerprint density at radius 3 is 1.39 bits per heavy atom. The van der Waals surface area contributed by atoms with Crippen LogP contribution in [0.1, 0.15) is 135 Å². The molecule has 684 valence electrons. The van der Waals surface area contributed by atoms with Crippen LogP contribution in [0.15, 0.2) is 179 Å². The van der Waals surface area contributed by atoms with Gasteiger partial charge in [-0.3, -0.25) is 39.6 Å². The normalized spacial score (nSPS) is 19.6. The summed E-state index contributed by atoms with van der Waals surface area (Å²) in [6, 6.07) is 38.8. The minimum absolute atomic E-state index is 0.0202. The summed E-state index contributed by atoms with van der Waals surface area (Å²) in [5, 5.41) is 34.4. The maximum Gasteiger partial charge on any atom is 0.276 e. The number of aromatic amines is 2. The number of hydrogen-bond donors (Lipinski definition) is 6. The molecular weight excluding hydrogens is 1730 g/mol. The lowest BCUT2D eigenvalue weighted by Crippen LogP contribution is -2.47. The predicted octanol–water partition coefficient (Wildman–Crippen LogP) is 16.9. The summed E-state index contributed by atoms with van der Waals surface area (Å²) in [5.41, 5.74) is 12.8. The molecular formula is C97H113Cl2N17O12S2. The quantitative estimate of drug-likeness (QED) is 0.0229. The number of allylic oxidation sites excluding steroid dienone is 2. The number of carbonyl (C=O) groups excluding carboxylic acids is 2. The number of piperidine rings is 1. The van der Waals surface area contributed by atoms with Crippen LogP contribution in [0.5, 0.6) is 23.0 Å². The number of likely N-dealkylation sites (N-methyl/N-ethyl adjacent to an activating group) is 1. The van der Waals surface area contributed by atoms with Crippen molar-refractivity contribution in [2.24, 2.45) is 22.7 Å². The zero-order valence-corrected chi connectivity index (χ0v) is 77.3. The van der Waals surface area contributed by atoms with Crippen LogP contribution in [0, 0.1) is 42.9 Å². The van der Waals surface area contributed by atoms with E-state index >= 15 is 0 Å². The number of benzene rings is 6. The first-order valence-corrected chi connectivity index (χ1v) is 48.9. The molecule has 4 fully saturated rings. The van der Waals surface area contributed by atoms with Crippen LogP contribution >= 0.6 is 23.2 Å². The number of ether oxygens (including phenoxy) is 2. The number of nitro benzene ring substituents is 2. The number of likely N-dealkylation sites (tertiary alicyclic amines) is 1. The number of nitro groups is 2. The molecule has 130 heavy (non-hydrogen) atoms. The van der Waals surface area contributed by atoms with E-state index in [1.54, 1.807) is 67.1 Å². The number of hydrogen-bond acceptors (Lipinski definition) is 23.